The van der Waals surface area contributed by atoms with Gasteiger partial charge in [0.25, 0.3) is 0 Å². The third-order valence-corrected chi connectivity index (χ3v) is 5.12. The third-order valence-electron chi connectivity index (χ3n) is 3.22. The molecule has 0 amide bonds. The van der Waals surface area contributed by atoms with E-state index in [9.17, 15) is 0 Å². The fourth-order valence-electron chi connectivity index (χ4n) is 2.25. The van der Waals surface area contributed by atoms with Crippen LogP contribution < -0.4 is 4.74 Å². The molecule has 0 unspecified atom stereocenters. The van der Waals surface area contributed by atoms with Gasteiger partial charge in [-0.15, -0.1) is 5.10 Å². The first kappa shape index (κ1) is 12.7. The Balaban J connectivity index is 1.93. The summed E-state index contributed by atoms with van der Waals surface area (Å²) in [7, 11) is 1.64. The Morgan fingerprint density at radius 2 is 2.29 bits per heavy atom. The number of fused-ring (bicyclic) bond motifs is 2. The van der Waals surface area contributed by atoms with Gasteiger partial charge in [0.1, 0.15) is 5.69 Å². The van der Waals surface area contributed by atoms with Crippen LogP contribution in [0.15, 0.2) is 39.2 Å². The van der Waals surface area contributed by atoms with E-state index in [4.69, 9.17) is 9.15 Å². The second kappa shape index (κ2) is 4.78. The molecule has 1 aromatic carbocycles. The molecule has 0 fully saturated rings. The summed E-state index contributed by atoms with van der Waals surface area (Å²) in [6, 6.07) is 7.81. The molecule has 5 nitrogen and oxygen atoms in total. The van der Waals surface area contributed by atoms with Crippen molar-refractivity contribution in [1.82, 2.24) is 14.6 Å². The van der Waals surface area contributed by atoms with Crippen molar-refractivity contribution in [3.8, 4) is 17.2 Å². The van der Waals surface area contributed by atoms with E-state index in [1.54, 1.807) is 36.4 Å². The van der Waals surface area contributed by atoms with Crippen molar-refractivity contribution in [2.24, 2.45) is 0 Å². The number of nitrogens with zero attached hydrogens (tertiary/aromatic N) is 3. The molecule has 0 aliphatic heterocycles. The molecule has 0 N–H and O–H groups in total. The van der Waals surface area contributed by atoms with E-state index in [0.29, 0.717) is 0 Å². The molecule has 7 heteroatoms. The van der Waals surface area contributed by atoms with Crippen molar-refractivity contribution in [2.75, 3.05) is 13.4 Å². The lowest BCUT2D eigenvalue weighted by Gasteiger charge is -1.98. The zero-order valence-corrected chi connectivity index (χ0v) is 13.0. The fourth-order valence-corrected chi connectivity index (χ4v) is 3.58. The average Bonchev–Trinajstić information content (AvgIpc) is 3.18. The molecule has 3 aromatic heterocycles. The van der Waals surface area contributed by atoms with Crippen molar-refractivity contribution in [1.29, 1.82) is 0 Å². The quantitative estimate of drug-likeness (QED) is 0.536. The highest BCUT2D eigenvalue weighted by molar-refractivity contribution is 8.00. The topological polar surface area (TPSA) is 52.6 Å². The van der Waals surface area contributed by atoms with E-state index in [1.165, 1.54) is 0 Å². The van der Waals surface area contributed by atoms with Crippen LogP contribution in [0.2, 0.25) is 0 Å². The van der Waals surface area contributed by atoms with Crippen LogP contribution in [0.5, 0.6) is 5.75 Å². The lowest BCUT2D eigenvalue weighted by molar-refractivity contribution is 0.411. The van der Waals surface area contributed by atoms with Crippen LogP contribution >= 0.6 is 23.1 Å². The Morgan fingerprint density at radius 1 is 1.38 bits per heavy atom. The van der Waals surface area contributed by atoms with Gasteiger partial charge in [0, 0.05) is 5.39 Å². The van der Waals surface area contributed by atoms with Crippen molar-refractivity contribution >= 4 is 39.0 Å². The number of para-hydroxylation sites is 1. The fraction of sp³-hybridized carbons (Fsp3) is 0.143. The standard InChI is InChI=1S/C14H11N3O2S2/c1-18-10-5-3-4-8-6-11(19-12(8)10)9-7-15-13-17(9)16-14(20-2)21-13/h3-7H,1-2H3. The molecule has 4 rings (SSSR count). The summed E-state index contributed by atoms with van der Waals surface area (Å²) in [6.07, 6.45) is 3.79. The number of benzene rings is 1. The number of imidazole rings is 1. The molecule has 3 heterocycles. The largest absolute Gasteiger partial charge is 0.493 e. The third kappa shape index (κ3) is 1.92. The van der Waals surface area contributed by atoms with E-state index in [1.807, 2.05) is 35.0 Å². The summed E-state index contributed by atoms with van der Waals surface area (Å²) in [5, 5.41) is 5.52. The van der Waals surface area contributed by atoms with Crippen LogP contribution in [-0.2, 0) is 0 Å². The van der Waals surface area contributed by atoms with Crippen molar-refractivity contribution in [3.63, 3.8) is 0 Å². The van der Waals surface area contributed by atoms with Crippen molar-refractivity contribution in [2.45, 2.75) is 4.34 Å². The highest BCUT2D eigenvalue weighted by atomic mass is 32.2. The Kier molecular flexibility index (Phi) is 2.90. The van der Waals surface area contributed by atoms with Gasteiger partial charge in [0.15, 0.2) is 21.4 Å². The number of aromatic nitrogens is 3. The van der Waals surface area contributed by atoms with Crippen molar-refractivity contribution in [3.05, 3.63) is 30.5 Å². The molecule has 0 saturated carbocycles. The second-order valence-electron chi connectivity index (χ2n) is 4.40. The predicted octanol–water partition coefficient (Wildman–Crippen LogP) is 3.93. The number of rotatable bonds is 3. The molecule has 0 atom stereocenters. The van der Waals surface area contributed by atoms with E-state index in [2.05, 4.69) is 10.1 Å². The summed E-state index contributed by atoms with van der Waals surface area (Å²) in [5.41, 5.74) is 1.59. The maximum absolute atomic E-state index is 5.96. The summed E-state index contributed by atoms with van der Waals surface area (Å²) in [6.45, 7) is 0. The van der Waals surface area contributed by atoms with Gasteiger partial charge in [-0.2, -0.15) is 4.52 Å². The highest BCUT2D eigenvalue weighted by Gasteiger charge is 2.16. The van der Waals surface area contributed by atoms with E-state index < -0.39 is 0 Å². The number of furan rings is 1. The minimum atomic E-state index is 0.725. The van der Waals surface area contributed by atoms with Crippen LogP contribution in [0.3, 0.4) is 0 Å². The lowest BCUT2D eigenvalue weighted by Crippen LogP contribution is -1.86. The number of methoxy groups -OCH3 is 1. The van der Waals surface area contributed by atoms with Gasteiger partial charge in [-0.05, 0) is 18.4 Å². The summed E-state index contributed by atoms with van der Waals surface area (Å²) in [4.78, 5) is 5.25. The minimum Gasteiger partial charge on any atom is -0.493 e. The van der Waals surface area contributed by atoms with Gasteiger partial charge in [-0.25, -0.2) is 4.98 Å². The first-order chi connectivity index (χ1) is 10.3. The molecule has 0 aliphatic carbocycles. The molecule has 0 saturated heterocycles. The van der Waals surface area contributed by atoms with Gasteiger partial charge in [0.2, 0.25) is 4.96 Å². The van der Waals surface area contributed by atoms with Gasteiger partial charge in [0.05, 0.1) is 13.3 Å². The summed E-state index contributed by atoms with van der Waals surface area (Å²) < 4.78 is 14.1. The number of hydrogen-bond donors (Lipinski definition) is 0. The zero-order chi connectivity index (χ0) is 14.4. The number of ether oxygens (including phenoxy) is 1. The van der Waals surface area contributed by atoms with Gasteiger partial charge in [-0.3, -0.25) is 0 Å². The predicted molar refractivity (Wildman–Crippen MR) is 84.4 cm³/mol. The normalized spacial score (nSPS) is 11.5. The van der Waals surface area contributed by atoms with Gasteiger partial charge >= 0.3 is 0 Å². The molecule has 21 heavy (non-hydrogen) atoms. The second-order valence-corrected chi connectivity index (χ2v) is 6.41. The van der Waals surface area contributed by atoms with E-state index >= 15 is 0 Å². The Hall–Kier alpha value is -1.99. The van der Waals surface area contributed by atoms with Crippen LogP contribution in [0.1, 0.15) is 0 Å². The van der Waals surface area contributed by atoms with Crippen LogP contribution in [0.4, 0.5) is 0 Å². The molecule has 0 spiro atoms. The number of thioether (sulfide) groups is 1. The summed E-state index contributed by atoms with van der Waals surface area (Å²) >= 11 is 3.17. The maximum atomic E-state index is 5.96. The first-order valence-electron chi connectivity index (χ1n) is 6.25. The average molecular weight is 317 g/mol. The van der Waals surface area contributed by atoms with Crippen molar-refractivity contribution < 1.29 is 9.15 Å². The maximum Gasteiger partial charge on any atom is 0.213 e. The Morgan fingerprint density at radius 3 is 3.10 bits per heavy atom. The monoisotopic (exact) mass is 317 g/mol. The smallest absolute Gasteiger partial charge is 0.213 e. The van der Waals surface area contributed by atoms with Crippen LogP contribution in [-0.4, -0.2) is 28.0 Å². The minimum absolute atomic E-state index is 0.725. The molecule has 4 aromatic rings. The molecule has 0 bridgehead atoms. The molecule has 106 valence electrons. The van der Waals surface area contributed by atoms with E-state index in [0.717, 1.165) is 37.5 Å². The molecule has 0 aliphatic rings. The van der Waals surface area contributed by atoms with Crippen LogP contribution in [0, 0.1) is 0 Å². The molecular formula is C14H11N3O2S2. The molecule has 0 radical (unpaired) electrons. The lowest BCUT2D eigenvalue weighted by atomic mass is 10.2. The van der Waals surface area contributed by atoms with Gasteiger partial charge in [-0.1, -0.05) is 35.2 Å². The Labute approximate surface area is 128 Å². The van der Waals surface area contributed by atoms with Gasteiger partial charge < -0.3 is 9.15 Å². The zero-order valence-electron chi connectivity index (χ0n) is 11.4. The van der Waals surface area contributed by atoms with Crippen LogP contribution in [0.25, 0.3) is 27.4 Å². The summed E-state index contributed by atoms with van der Waals surface area (Å²) in [5.74, 6) is 1.46. The molecular weight excluding hydrogens is 306 g/mol. The highest BCUT2D eigenvalue weighted by Crippen LogP contribution is 2.34. The van der Waals surface area contributed by atoms with E-state index in [-0.39, 0.29) is 0 Å². The number of hydrogen-bond acceptors (Lipinski definition) is 6. The SMILES string of the molecule is COc1cccc2cc(-c3cnc4sc(SC)nn34)oc12. The first-order valence-corrected chi connectivity index (χ1v) is 8.30. The Bertz CT molecular complexity index is 938.